The molecule has 2 saturated heterocycles. The third kappa shape index (κ3) is 2.70. The van der Waals surface area contributed by atoms with Gasteiger partial charge >= 0.3 is 0 Å². The quantitative estimate of drug-likeness (QED) is 0.885. The van der Waals surface area contributed by atoms with Crippen LogP contribution in [0.3, 0.4) is 0 Å². The average Bonchev–Trinajstić information content (AvgIpc) is 3.06. The van der Waals surface area contributed by atoms with Crippen LogP contribution in [0.25, 0.3) is 0 Å². The first-order valence-corrected chi connectivity index (χ1v) is 7.77. The Morgan fingerprint density at radius 1 is 1.48 bits per heavy atom. The molecule has 2 N–H and O–H groups in total. The van der Waals surface area contributed by atoms with E-state index in [9.17, 15) is 4.79 Å². The predicted octanol–water partition coefficient (Wildman–Crippen LogP) is 0.586. The SMILES string of the molecule is Cn1cc(N2CCCC(N3CCC(C)(CN)C3)C2=O)cn1. The maximum absolute atomic E-state index is 12.8. The Balaban J connectivity index is 1.74. The van der Waals surface area contributed by atoms with Crippen LogP contribution in [0.4, 0.5) is 5.69 Å². The Kier molecular flexibility index (Phi) is 3.75. The van der Waals surface area contributed by atoms with Gasteiger partial charge in [-0.2, -0.15) is 5.10 Å². The van der Waals surface area contributed by atoms with Gasteiger partial charge in [0.15, 0.2) is 0 Å². The molecule has 0 spiro atoms. The van der Waals surface area contributed by atoms with Gasteiger partial charge < -0.3 is 10.6 Å². The lowest BCUT2D eigenvalue weighted by Crippen LogP contribution is -2.52. The van der Waals surface area contributed by atoms with Gasteiger partial charge in [0.2, 0.25) is 5.91 Å². The monoisotopic (exact) mass is 291 g/mol. The summed E-state index contributed by atoms with van der Waals surface area (Å²) in [4.78, 5) is 17.1. The van der Waals surface area contributed by atoms with Gasteiger partial charge in [0, 0.05) is 26.3 Å². The van der Waals surface area contributed by atoms with E-state index in [0.29, 0.717) is 6.54 Å². The van der Waals surface area contributed by atoms with Crippen molar-refractivity contribution >= 4 is 11.6 Å². The van der Waals surface area contributed by atoms with Crippen LogP contribution >= 0.6 is 0 Å². The minimum absolute atomic E-state index is 0.00679. The second-order valence-electron chi connectivity index (χ2n) is 6.76. The molecule has 21 heavy (non-hydrogen) atoms. The van der Waals surface area contributed by atoms with Gasteiger partial charge in [-0.1, -0.05) is 6.92 Å². The van der Waals surface area contributed by atoms with E-state index in [4.69, 9.17) is 5.73 Å². The number of hydrogen-bond donors (Lipinski definition) is 1. The normalized spacial score (nSPS) is 31.1. The Hall–Kier alpha value is -1.40. The third-order valence-electron chi connectivity index (χ3n) is 4.93. The fourth-order valence-electron chi connectivity index (χ4n) is 3.49. The second-order valence-corrected chi connectivity index (χ2v) is 6.76. The van der Waals surface area contributed by atoms with E-state index >= 15 is 0 Å². The number of hydrogen-bond acceptors (Lipinski definition) is 4. The number of likely N-dealkylation sites (tertiary alicyclic amines) is 1. The summed E-state index contributed by atoms with van der Waals surface area (Å²) in [6.07, 6.45) is 6.76. The number of amides is 1. The van der Waals surface area contributed by atoms with Crippen LogP contribution < -0.4 is 10.6 Å². The molecule has 2 aliphatic heterocycles. The number of rotatable bonds is 3. The third-order valence-corrected chi connectivity index (χ3v) is 4.93. The minimum Gasteiger partial charge on any atom is -0.330 e. The Bertz CT molecular complexity index is 528. The van der Waals surface area contributed by atoms with Crippen LogP contribution in [0.15, 0.2) is 12.4 Å². The molecule has 6 nitrogen and oxygen atoms in total. The summed E-state index contributed by atoms with van der Waals surface area (Å²) in [6, 6.07) is 0.00679. The molecule has 2 unspecified atom stereocenters. The van der Waals surface area contributed by atoms with Gasteiger partial charge in [0.25, 0.3) is 0 Å². The van der Waals surface area contributed by atoms with E-state index in [1.807, 2.05) is 18.1 Å². The molecular formula is C15H25N5O. The topological polar surface area (TPSA) is 67.4 Å². The fraction of sp³-hybridized carbons (Fsp3) is 0.733. The Morgan fingerprint density at radius 3 is 2.90 bits per heavy atom. The van der Waals surface area contributed by atoms with E-state index in [2.05, 4.69) is 16.9 Å². The minimum atomic E-state index is 0.00679. The maximum Gasteiger partial charge on any atom is 0.244 e. The average molecular weight is 291 g/mol. The van der Waals surface area contributed by atoms with E-state index in [1.54, 1.807) is 10.9 Å². The van der Waals surface area contributed by atoms with E-state index in [0.717, 1.165) is 44.6 Å². The summed E-state index contributed by atoms with van der Waals surface area (Å²) in [5.74, 6) is 0.218. The molecule has 0 radical (unpaired) electrons. The zero-order valence-corrected chi connectivity index (χ0v) is 13.0. The van der Waals surface area contributed by atoms with Gasteiger partial charge in [0.05, 0.1) is 17.9 Å². The van der Waals surface area contributed by atoms with Crippen molar-refractivity contribution in [3.05, 3.63) is 12.4 Å². The van der Waals surface area contributed by atoms with E-state index in [1.165, 1.54) is 0 Å². The van der Waals surface area contributed by atoms with Gasteiger partial charge in [-0.05, 0) is 37.8 Å². The molecule has 0 aromatic carbocycles. The van der Waals surface area contributed by atoms with Gasteiger partial charge in [-0.15, -0.1) is 0 Å². The molecule has 1 aromatic rings. The first-order valence-electron chi connectivity index (χ1n) is 7.77. The van der Waals surface area contributed by atoms with Crippen LogP contribution in [0.5, 0.6) is 0 Å². The molecule has 116 valence electrons. The number of aromatic nitrogens is 2. The molecule has 2 atom stereocenters. The lowest BCUT2D eigenvalue weighted by molar-refractivity contribution is -0.125. The number of nitrogens with zero attached hydrogens (tertiary/aromatic N) is 4. The van der Waals surface area contributed by atoms with Crippen molar-refractivity contribution in [3.63, 3.8) is 0 Å². The molecule has 0 bridgehead atoms. The van der Waals surface area contributed by atoms with Crippen molar-refractivity contribution in [2.24, 2.45) is 18.2 Å². The van der Waals surface area contributed by atoms with Crippen molar-refractivity contribution in [2.75, 3.05) is 31.1 Å². The molecule has 0 saturated carbocycles. The number of carbonyl (C=O) groups is 1. The van der Waals surface area contributed by atoms with Crippen molar-refractivity contribution in [2.45, 2.75) is 32.2 Å². The fourth-order valence-corrected chi connectivity index (χ4v) is 3.49. The first kappa shape index (κ1) is 14.5. The number of aryl methyl sites for hydroxylation is 1. The highest BCUT2D eigenvalue weighted by Gasteiger charge is 2.41. The standard InChI is InChI=1S/C15H25N5O/c1-15(10-16)5-7-19(11-15)13-4-3-6-20(14(13)21)12-8-17-18(2)9-12/h8-9,13H,3-7,10-11,16H2,1-2H3. The maximum atomic E-state index is 12.8. The molecule has 2 aliphatic rings. The van der Waals surface area contributed by atoms with Crippen LogP contribution in [0, 0.1) is 5.41 Å². The van der Waals surface area contributed by atoms with Crippen molar-refractivity contribution in [1.29, 1.82) is 0 Å². The van der Waals surface area contributed by atoms with Crippen LogP contribution in [-0.2, 0) is 11.8 Å². The summed E-state index contributed by atoms with van der Waals surface area (Å²) >= 11 is 0. The summed E-state index contributed by atoms with van der Waals surface area (Å²) in [5, 5.41) is 4.18. The summed E-state index contributed by atoms with van der Waals surface area (Å²) in [5.41, 5.74) is 6.96. The lowest BCUT2D eigenvalue weighted by Gasteiger charge is -2.36. The highest BCUT2D eigenvalue weighted by molar-refractivity contribution is 5.97. The smallest absolute Gasteiger partial charge is 0.244 e. The Morgan fingerprint density at radius 2 is 2.29 bits per heavy atom. The van der Waals surface area contributed by atoms with Crippen molar-refractivity contribution in [1.82, 2.24) is 14.7 Å². The molecule has 3 rings (SSSR count). The summed E-state index contributed by atoms with van der Waals surface area (Å²) < 4.78 is 1.74. The predicted molar refractivity (Wildman–Crippen MR) is 81.9 cm³/mol. The molecule has 3 heterocycles. The molecule has 6 heteroatoms. The van der Waals surface area contributed by atoms with Gasteiger partial charge in [-0.3, -0.25) is 14.4 Å². The summed E-state index contributed by atoms with van der Waals surface area (Å²) in [7, 11) is 1.88. The first-order chi connectivity index (χ1) is 10.0. The molecule has 2 fully saturated rings. The Labute approximate surface area is 125 Å². The van der Waals surface area contributed by atoms with Gasteiger partial charge in [0.1, 0.15) is 0 Å². The van der Waals surface area contributed by atoms with Crippen LogP contribution in [0.1, 0.15) is 26.2 Å². The number of nitrogens with two attached hydrogens (primary N) is 1. The van der Waals surface area contributed by atoms with Gasteiger partial charge in [-0.25, -0.2) is 0 Å². The lowest BCUT2D eigenvalue weighted by atomic mass is 9.90. The second kappa shape index (κ2) is 5.42. The molecule has 1 aromatic heterocycles. The van der Waals surface area contributed by atoms with Crippen LogP contribution in [-0.4, -0.2) is 52.8 Å². The number of piperidine rings is 1. The highest BCUT2D eigenvalue weighted by Crippen LogP contribution is 2.33. The largest absolute Gasteiger partial charge is 0.330 e. The highest BCUT2D eigenvalue weighted by atomic mass is 16.2. The van der Waals surface area contributed by atoms with E-state index < -0.39 is 0 Å². The molecular weight excluding hydrogens is 266 g/mol. The molecule has 1 amide bonds. The zero-order chi connectivity index (χ0) is 15.0. The zero-order valence-electron chi connectivity index (χ0n) is 13.0. The molecule has 0 aliphatic carbocycles. The van der Waals surface area contributed by atoms with Crippen molar-refractivity contribution < 1.29 is 4.79 Å². The summed E-state index contributed by atoms with van der Waals surface area (Å²) in [6.45, 7) is 5.62. The number of anilines is 1. The van der Waals surface area contributed by atoms with Crippen LogP contribution in [0.2, 0.25) is 0 Å². The number of carbonyl (C=O) groups excluding carboxylic acids is 1. The van der Waals surface area contributed by atoms with Crippen molar-refractivity contribution in [3.8, 4) is 0 Å². The van der Waals surface area contributed by atoms with E-state index in [-0.39, 0.29) is 17.4 Å².